The predicted octanol–water partition coefficient (Wildman–Crippen LogP) is 1.63. The van der Waals surface area contributed by atoms with Crippen LogP contribution in [0.15, 0.2) is 60.7 Å². The van der Waals surface area contributed by atoms with Crippen molar-refractivity contribution in [1.29, 1.82) is 0 Å². The second-order valence-corrected chi connectivity index (χ2v) is 7.52. The van der Waals surface area contributed by atoms with Gasteiger partial charge in [-0.15, -0.1) is 0 Å². The lowest BCUT2D eigenvalue weighted by atomic mass is 10.0. The standard InChI is InChI=1S/C20H20O10S/c1-26-20-17(30-31(23,24)25)16(29-19(22)14-10-6-3-7-11-14)15(12-27-20)28-18(21)13-8-4-2-5-9-13/h2-11,15-17,20H,12H2,1H3,(H,23,24,25)/t15-,16+,17+,20+/m0/s1. The van der Waals surface area contributed by atoms with Crippen molar-refractivity contribution in [3.8, 4) is 0 Å². The number of benzene rings is 2. The summed E-state index contributed by atoms with van der Waals surface area (Å²) in [5.74, 6) is -1.58. The van der Waals surface area contributed by atoms with Gasteiger partial charge in [-0.25, -0.2) is 13.8 Å². The second kappa shape index (κ2) is 9.98. The van der Waals surface area contributed by atoms with E-state index in [0.29, 0.717) is 0 Å². The van der Waals surface area contributed by atoms with Crippen LogP contribution in [0.25, 0.3) is 0 Å². The fourth-order valence-electron chi connectivity index (χ4n) is 2.98. The van der Waals surface area contributed by atoms with E-state index in [-0.39, 0.29) is 17.7 Å². The zero-order valence-electron chi connectivity index (χ0n) is 16.3. The van der Waals surface area contributed by atoms with E-state index in [1.807, 2.05) is 0 Å². The molecule has 31 heavy (non-hydrogen) atoms. The van der Waals surface area contributed by atoms with E-state index in [2.05, 4.69) is 4.18 Å². The molecular formula is C20H20O10S. The molecule has 1 N–H and O–H groups in total. The number of ether oxygens (including phenoxy) is 4. The Bertz CT molecular complexity index is 993. The molecule has 0 aromatic heterocycles. The topological polar surface area (TPSA) is 135 Å². The molecular weight excluding hydrogens is 432 g/mol. The summed E-state index contributed by atoms with van der Waals surface area (Å²) in [7, 11) is -3.79. The van der Waals surface area contributed by atoms with Crippen LogP contribution in [-0.2, 0) is 33.5 Å². The second-order valence-electron chi connectivity index (χ2n) is 6.47. The van der Waals surface area contributed by atoms with Crippen LogP contribution in [0.4, 0.5) is 0 Å². The van der Waals surface area contributed by atoms with Crippen LogP contribution < -0.4 is 0 Å². The molecule has 4 atom stereocenters. The Morgan fingerprint density at radius 2 is 1.42 bits per heavy atom. The summed E-state index contributed by atoms with van der Waals surface area (Å²) < 4.78 is 57.9. The quantitative estimate of drug-likeness (QED) is 0.488. The summed E-state index contributed by atoms with van der Waals surface area (Å²) >= 11 is 0. The van der Waals surface area contributed by atoms with E-state index in [0.717, 1.165) is 0 Å². The fourth-order valence-corrected chi connectivity index (χ4v) is 3.46. The van der Waals surface area contributed by atoms with Gasteiger partial charge in [-0.05, 0) is 24.3 Å². The first-order valence-electron chi connectivity index (χ1n) is 9.10. The van der Waals surface area contributed by atoms with Crippen LogP contribution in [-0.4, -0.2) is 63.2 Å². The van der Waals surface area contributed by atoms with Gasteiger partial charge >= 0.3 is 22.3 Å². The molecule has 166 valence electrons. The Labute approximate surface area is 178 Å². The molecule has 0 unspecified atom stereocenters. The number of methoxy groups -OCH3 is 1. The largest absolute Gasteiger partial charge is 0.452 e. The summed E-state index contributed by atoms with van der Waals surface area (Å²) in [5, 5.41) is 0. The minimum Gasteiger partial charge on any atom is -0.452 e. The van der Waals surface area contributed by atoms with Crippen molar-refractivity contribution in [2.24, 2.45) is 0 Å². The summed E-state index contributed by atoms with van der Waals surface area (Å²) in [6.45, 7) is -0.283. The monoisotopic (exact) mass is 452 g/mol. The van der Waals surface area contributed by atoms with E-state index in [1.54, 1.807) is 36.4 Å². The van der Waals surface area contributed by atoms with Crippen LogP contribution in [0, 0.1) is 0 Å². The highest BCUT2D eigenvalue weighted by atomic mass is 32.3. The first-order valence-corrected chi connectivity index (χ1v) is 10.5. The Kier molecular flexibility index (Phi) is 7.36. The third-order valence-electron chi connectivity index (χ3n) is 4.37. The van der Waals surface area contributed by atoms with Crippen LogP contribution in [0.1, 0.15) is 20.7 Å². The highest BCUT2D eigenvalue weighted by Gasteiger charge is 2.48. The normalized spacial score (nSPS) is 23.7. The van der Waals surface area contributed by atoms with Crippen molar-refractivity contribution in [3.63, 3.8) is 0 Å². The Morgan fingerprint density at radius 1 is 0.903 bits per heavy atom. The van der Waals surface area contributed by atoms with Gasteiger partial charge in [0.15, 0.2) is 24.6 Å². The van der Waals surface area contributed by atoms with Crippen molar-refractivity contribution < 1.29 is 45.7 Å². The van der Waals surface area contributed by atoms with Gasteiger partial charge in [0.1, 0.15) is 0 Å². The van der Waals surface area contributed by atoms with E-state index in [1.165, 1.54) is 31.4 Å². The third-order valence-corrected chi connectivity index (χ3v) is 4.83. The lowest BCUT2D eigenvalue weighted by molar-refractivity contribution is -0.254. The van der Waals surface area contributed by atoms with E-state index < -0.39 is 46.9 Å². The van der Waals surface area contributed by atoms with E-state index in [4.69, 9.17) is 18.9 Å². The maximum atomic E-state index is 12.6. The lowest BCUT2D eigenvalue weighted by Gasteiger charge is -2.39. The summed E-state index contributed by atoms with van der Waals surface area (Å²) in [4.78, 5) is 25.1. The molecule has 10 nitrogen and oxygen atoms in total. The van der Waals surface area contributed by atoms with Gasteiger partial charge in [0.05, 0.1) is 17.7 Å². The molecule has 1 heterocycles. The zero-order valence-corrected chi connectivity index (χ0v) is 17.1. The summed E-state index contributed by atoms with van der Waals surface area (Å²) in [5.41, 5.74) is 0.387. The van der Waals surface area contributed by atoms with Gasteiger partial charge in [-0.1, -0.05) is 36.4 Å². The first kappa shape index (κ1) is 22.8. The molecule has 11 heteroatoms. The van der Waals surface area contributed by atoms with Crippen LogP contribution in [0.2, 0.25) is 0 Å². The fraction of sp³-hybridized carbons (Fsp3) is 0.300. The summed E-state index contributed by atoms with van der Waals surface area (Å²) in [6, 6.07) is 15.9. The molecule has 1 fully saturated rings. The molecule has 0 spiro atoms. The van der Waals surface area contributed by atoms with Crippen molar-refractivity contribution in [2.75, 3.05) is 13.7 Å². The van der Waals surface area contributed by atoms with Gasteiger partial charge in [-0.2, -0.15) is 8.42 Å². The average Bonchev–Trinajstić information content (AvgIpc) is 2.76. The molecule has 0 aliphatic carbocycles. The van der Waals surface area contributed by atoms with Crippen molar-refractivity contribution in [2.45, 2.75) is 24.6 Å². The molecule has 2 aromatic carbocycles. The van der Waals surface area contributed by atoms with Crippen LogP contribution in [0.3, 0.4) is 0 Å². The molecule has 1 aliphatic heterocycles. The summed E-state index contributed by atoms with van der Waals surface area (Å²) in [6.07, 6.45) is -5.70. The molecule has 0 saturated carbocycles. The smallest absolute Gasteiger partial charge is 0.397 e. The van der Waals surface area contributed by atoms with Gasteiger partial charge in [-0.3, -0.25) is 4.55 Å². The SMILES string of the molecule is CO[C@@H]1OC[C@H](OC(=O)c2ccccc2)[C@@H](OC(=O)c2ccccc2)[C@H]1OS(=O)(=O)O. The van der Waals surface area contributed by atoms with Crippen molar-refractivity contribution in [3.05, 3.63) is 71.8 Å². The molecule has 3 rings (SSSR count). The van der Waals surface area contributed by atoms with Crippen molar-refractivity contribution in [1.82, 2.24) is 0 Å². The van der Waals surface area contributed by atoms with Gasteiger partial charge in [0, 0.05) is 7.11 Å². The highest BCUT2D eigenvalue weighted by Crippen LogP contribution is 2.27. The van der Waals surface area contributed by atoms with Crippen LogP contribution in [0.5, 0.6) is 0 Å². The number of hydrogen-bond donors (Lipinski definition) is 1. The molecule has 1 aliphatic rings. The highest BCUT2D eigenvalue weighted by molar-refractivity contribution is 7.80. The molecule has 0 amide bonds. The Morgan fingerprint density at radius 3 is 1.90 bits per heavy atom. The zero-order chi connectivity index (χ0) is 22.4. The van der Waals surface area contributed by atoms with E-state index in [9.17, 15) is 22.6 Å². The van der Waals surface area contributed by atoms with E-state index >= 15 is 0 Å². The molecule has 0 bridgehead atoms. The maximum absolute atomic E-state index is 12.6. The Balaban J connectivity index is 1.89. The molecule has 0 radical (unpaired) electrons. The number of carbonyl (C=O) groups excluding carboxylic acids is 2. The Hall–Kier alpha value is -2.83. The predicted molar refractivity (Wildman–Crippen MR) is 104 cm³/mol. The van der Waals surface area contributed by atoms with Gasteiger partial charge in [0.2, 0.25) is 0 Å². The van der Waals surface area contributed by atoms with Crippen LogP contribution >= 0.6 is 0 Å². The first-order chi connectivity index (χ1) is 14.8. The van der Waals surface area contributed by atoms with Gasteiger partial charge in [0.25, 0.3) is 0 Å². The minimum atomic E-state index is -5.00. The number of hydrogen-bond acceptors (Lipinski definition) is 9. The number of carbonyl (C=O) groups is 2. The lowest BCUT2D eigenvalue weighted by Crippen LogP contribution is -2.58. The average molecular weight is 452 g/mol. The number of rotatable bonds is 7. The van der Waals surface area contributed by atoms with Gasteiger partial charge < -0.3 is 18.9 Å². The number of esters is 2. The maximum Gasteiger partial charge on any atom is 0.397 e. The third kappa shape index (κ3) is 6.09. The van der Waals surface area contributed by atoms with Crippen molar-refractivity contribution >= 4 is 22.3 Å². The molecule has 1 saturated heterocycles. The minimum absolute atomic E-state index is 0.168. The molecule has 2 aromatic rings.